The summed E-state index contributed by atoms with van der Waals surface area (Å²) in [6.45, 7) is 0.0936. The van der Waals surface area contributed by atoms with Gasteiger partial charge in [0.2, 0.25) is 0 Å². The number of anilines is 1. The molecule has 84 valence electrons. The Balaban J connectivity index is 2.95. The Bertz CT molecular complexity index is 341. The molecule has 1 aromatic carbocycles. The van der Waals surface area contributed by atoms with Crippen LogP contribution in [0, 0.1) is 0 Å². The number of halogens is 4. The number of hydrogen-bond acceptors (Lipinski definition) is 2. The Morgan fingerprint density at radius 3 is 2.53 bits per heavy atom. The quantitative estimate of drug-likeness (QED) is 0.894. The fraction of sp³-hybridized carbons (Fsp3) is 0.333. The second kappa shape index (κ2) is 4.85. The lowest BCUT2D eigenvalue weighted by molar-refractivity contribution is -0.138. The molecule has 6 heteroatoms. The van der Waals surface area contributed by atoms with Gasteiger partial charge in [0.15, 0.2) is 0 Å². The Kier molecular flexibility index (Phi) is 3.98. The zero-order chi connectivity index (χ0) is 11.5. The maximum Gasteiger partial charge on any atom is 0.417 e. The van der Waals surface area contributed by atoms with Gasteiger partial charge in [-0.1, -0.05) is 15.9 Å². The second-order valence-electron chi connectivity index (χ2n) is 2.84. The predicted molar refractivity (Wildman–Crippen MR) is 54.7 cm³/mol. The summed E-state index contributed by atoms with van der Waals surface area (Å²) < 4.78 is 37.3. The highest BCUT2D eigenvalue weighted by Gasteiger charge is 2.33. The molecule has 0 saturated carbocycles. The summed E-state index contributed by atoms with van der Waals surface area (Å²) in [5.41, 5.74) is -0.398. The smallest absolute Gasteiger partial charge is 0.395 e. The first-order valence-corrected chi connectivity index (χ1v) is 4.96. The maximum absolute atomic E-state index is 12.4. The number of aliphatic hydroxyl groups is 1. The minimum atomic E-state index is -4.38. The summed E-state index contributed by atoms with van der Waals surface area (Å²) in [6.07, 6.45) is -4.38. The van der Waals surface area contributed by atoms with Crippen molar-refractivity contribution in [3.8, 4) is 0 Å². The van der Waals surface area contributed by atoms with Crippen molar-refractivity contribution >= 4 is 21.6 Å². The van der Waals surface area contributed by atoms with Crippen LogP contribution >= 0.6 is 15.9 Å². The van der Waals surface area contributed by atoms with Crippen molar-refractivity contribution in [1.29, 1.82) is 0 Å². The second-order valence-corrected chi connectivity index (χ2v) is 3.70. The predicted octanol–water partition coefficient (Wildman–Crippen LogP) is 2.87. The van der Waals surface area contributed by atoms with E-state index >= 15 is 0 Å². The monoisotopic (exact) mass is 283 g/mol. The molecular weight excluding hydrogens is 275 g/mol. The van der Waals surface area contributed by atoms with E-state index in [0.717, 1.165) is 6.07 Å². The van der Waals surface area contributed by atoms with E-state index in [1.807, 2.05) is 0 Å². The van der Waals surface area contributed by atoms with E-state index < -0.39 is 11.7 Å². The Hall–Kier alpha value is -0.750. The lowest BCUT2D eigenvalue weighted by Gasteiger charge is -2.11. The largest absolute Gasteiger partial charge is 0.417 e. The summed E-state index contributed by atoms with van der Waals surface area (Å²) in [6, 6.07) is 3.83. The lowest BCUT2D eigenvalue weighted by Crippen LogP contribution is -2.09. The van der Waals surface area contributed by atoms with Gasteiger partial charge in [-0.05, 0) is 18.2 Å². The van der Waals surface area contributed by atoms with E-state index in [0.29, 0.717) is 5.69 Å². The van der Waals surface area contributed by atoms with Crippen molar-refractivity contribution in [1.82, 2.24) is 0 Å². The summed E-state index contributed by atoms with van der Waals surface area (Å²) in [5.74, 6) is 0. The van der Waals surface area contributed by atoms with Crippen LogP contribution in [0.3, 0.4) is 0 Å². The molecule has 0 heterocycles. The van der Waals surface area contributed by atoms with Crippen molar-refractivity contribution in [2.45, 2.75) is 6.18 Å². The van der Waals surface area contributed by atoms with Gasteiger partial charge >= 0.3 is 6.18 Å². The Labute approximate surface area is 93.2 Å². The topological polar surface area (TPSA) is 32.3 Å². The normalized spacial score (nSPS) is 11.5. The molecule has 0 bridgehead atoms. The van der Waals surface area contributed by atoms with Gasteiger partial charge in [-0.25, -0.2) is 0 Å². The number of hydrogen-bond donors (Lipinski definition) is 2. The number of rotatable bonds is 3. The van der Waals surface area contributed by atoms with Crippen LogP contribution < -0.4 is 5.32 Å². The Morgan fingerprint density at radius 1 is 1.33 bits per heavy atom. The molecule has 0 unspecified atom stereocenters. The van der Waals surface area contributed by atoms with Crippen LogP contribution in [0.15, 0.2) is 22.7 Å². The van der Waals surface area contributed by atoms with Crippen LogP contribution in [0.5, 0.6) is 0 Å². The van der Waals surface area contributed by atoms with Gasteiger partial charge < -0.3 is 10.4 Å². The van der Waals surface area contributed by atoms with Crippen molar-refractivity contribution in [2.75, 3.05) is 18.5 Å². The molecule has 0 aliphatic carbocycles. The number of alkyl halides is 3. The summed E-state index contributed by atoms with van der Waals surface area (Å²) in [7, 11) is 0. The molecule has 0 saturated heterocycles. The van der Waals surface area contributed by atoms with Crippen LogP contribution in [-0.2, 0) is 6.18 Å². The first kappa shape index (κ1) is 12.3. The first-order chi connectivity index (χ1) is 6.95. The third kappa shape index (κ3) is 3.39. The molecule has 0 spiro atoms. The molecule has 1 aromatic rings. The third-order valence-electron chi connectivity index (χ3n) is 1.71. The van der Waals surface area contributed by atoms with E-state index in [4.69, 9.17) is 5.11 Å². The van der Waals surface area contributed by atoms with Crippen LogP contribution in [0.25, 0.3) is 0 Å². The average molecular weight is 284 g/mol. The zero-order valence-electron chi connectivity index (χ0n) is 7.61. The molecule has 0 aromatic heterocycles. The van der Waals surface area contributed by atoms with Crippen LogP contribution in [0.2, 0.25) is 0 Å². The van der Waals surface area contributed by atoms with E-state index in [-0.39, 0.29) is 17.6 Å². The fourth-order valence-corrected chi connectivity index (χ4v) is 1.52. The highest BCUT2D eigenvalue weighted by atomic mass is 79.9. The van der Waals surface area contributed by atoms with Crippen LogP contribution in [0.4, 0.5) is 18.9 Å². The van der Waals surface area contributed by atoms with E-state index in [2.05, 4.69) is 21.2 Å². The van der Waals surface area contributed by atoms with Gasteiger partial charge in [0.05, 0.1) is 12.2 Å². The molecule has 0 fully saturated rings. The van der Waals surface area contributed by atoms with E-state index in [9.17, 15) is 13.2 Å². The standard InChI is InChI=1S/C9H9BrF3NO/c10-8-2-1-6(14-3-4-15)5-7(8)9(11,12)13/h1-2,5,14-15H,3-4H2. The van der Waals surface area contributed by atoms with Crippen molar-refractivity contribution in [3.63, 3.8) is 0 Å². The minimum absolute atomic E-state index is 0.00421. The fourth-order valence-electron chi connectivity index (χ4n) is 1.05. The van der Waals surface area contributed by atoms with Crippen LogP contribution in [-0.4, -0.2) is 18.3 Å². The molecule has 15 heavy (non-hydrogen) atoms. The number of aliphatic hydroxyl groups excluding tert-OH is 1. The summed E-state index contributed by atoms with van der Waals surface area (Å²) in [5, 5.41) is 11.2. The molecule has 0 amide bonds. The van der Waals surface area contributed by atoms with Gasteiger partial charge in [0.25, 0.3) is 0 Å². The summed E-state index contributed by atoms with van der Waals surface area (Å²) >= 11 is 2.84. The van der Waals surface area contributed by atoms with Gasteiger partial charge in [-0.15, -0.1) is 0 Å². The molecule has 2 N–H and O–H groups in total. The maximum atomic E-state index is 12.4. The van der Waals surface area contributed by atoms with E-state index in [1.54, 1.807) is 0 Å². The highest BCUT2D eigenvalue weighted by molar-refractivity contribution is 9.10. The van der Waals surface area contributed by atoms with Gasteiger partial charge in [0, 0.05) is 16.7 Å². The molecule has 2 nitrogen and oxygen atoms in total. The molecular formula is C9H9BrF3NO. The molecule has 0 aliphatic rings. The third-order valence-corrected chi connectivity index (χ3v) is 2.40. The van der Waals surface area contributed by atoms with Crippen molar-refractivity contribution in [3.05, 3.63) is 28.2 Å². The van der Waals surface area contributed by atoms with E-state index in [1.165, 1.54) is 12.1 Å². The lowest BCUT2D eigenvalue weighted by atomic mass is 10.2. The Morgan fingerprint density at radius 2 is 2.00 bits per heavy atom. The van der Waals surface area contributed by atoms with Crippen molar-refractivity contribution < 1.29 is 18.3 Å². The summed E-state index contributed by atoms with van der Waals surface area (Å²) in [4.78, 5) is 0. The van der Waals surface area contributed by atoms with Gasteiger partial charge in [-0.3, -0.25) is 0 Å². The number of benzene rings is 1. The van der Waals surface area contributed by atoms with Gasteiger partial charge in [0.1, 0.15) is 0 Å². The first-order valence-electron chi connectivity index (χ1n) is 4.16. The van der Waals surface area contributed by atoms with Gasteiger partial charge in [-0.2, -0.15) is 13.2 Å². The number of nitrogens with one attached hydrogen (secondary N) is 1. The van der Waals surface area contributed by atoms with Crippen molar-refractivity contribution in [2.24, 2.45) is 0 Å². The zero-order valence-corrected chi connectivity index (χ0v) is 9.19. The molecule has 0 atom stereocenters. The minimum Gasteiger partial charge on any atom is -0.395 e. The average Bonchev–Trinajstić information content (AvgIpc) is 2.15. The SMILES string of the molecule is OCCNc1ccc(Br)c(C(F)(F)F)c1. The van der Waals surface area contributed by atoms with Crippen LogP contribution in [0.1, 0.15) is 5.56 Å². The highest BCUT2D eigenvalue weighted by Crippen LogP contribution is 2.36. The molecule has 0 aliphatic heterocycles. The molecule has 0 radical (unpaired) electrons. The molecule has 1 rings (SSSR count).